The van der Waals surface area contributed by atoms with Crippen molar-refractivity contribution in [2.24, 2.45) is 0 Å². The van der Waals surface area contributed by atoms with E-state index in [1.54, 1.807) is 0 Å². The highest BCUT2D eigenvalue weighted by Crippen LogP contribution is 2.49. The molecule has 27 heavy (non-hydrogen) atoms. The van der Waals surface area contributed by atoms with Gasteiger partial charge in [0, 0.05) is 14.9 Å². The van der Waals surface area contributed by atoms with Crippen LogP contribution in [0, 0.1) is 0 Å². The molecule has 0 saturated carbocycles. The molecule has 0 saturated heterocycles. The van der Waals surface area contributed by atoms with Crippen molar-refractivity contribution in [3.05, 3.63) is 80.7 Å². The highest BCUT2D eigenvalue weighted by atomic mass is 79.9. The lowest BCUT2D eigenvalue weighted by molar-refractivity contribution is 0.601. The minimum absolute atomic E-state index is 0.514. The van der Waals surface area contributed by atoms with E-state index in [4.69, 9.17) is 0 Å². The van der Waals surface area contributed by atoms with Crippen molar-refractivity contribution < 1.29 is 0 Å². The van der Waals surface area contributed by atoms with Crippen molar-refractivity contribution in [2.75, 3.05) is 0 Å². The Kier molecular flexibility index (Phi) is 5.85. The zero-order chi connectivity index (χ0) is 18.8. The standard InChI is InChI=1S/C25H24Br2/c1-2-3-4-5-6-21-24-15-18(17-7-10-19(26)11-8-17)9-13-22(24)23-14-12-20(27)16-25(21)23/h7-16,21H,2-6H2,1H3. The van der Waals surface area contributed by atoms with Crippen LogP contribution in [0.25, 0.3) is 22.3 Å². The zero-order valence-electron chi connectivity index (χ0n) is 15.6. The molecule has 3 aromatic rings. The molecule has 1 aliphatic rings. The first kappa shape index (κ1) is 19.0. The molecule has 1 aliphatic carbocycles. The third-order valence-corrected chi connectivity index (χ3v) is 6.65. The predicted octanol–water partition coefficient (Wildman–Crippen LogP) is 8.96. The van der Waals surface area contributed by atoms with Gasteiger partial charge < -0.3 is 0 Å². The Morgan fingerprint density at radius 3 is 2.04 bits per heavy atom. The number of fused-ring (bicyclic) bond motifs is 3. The largest absolute Gasteiger partial charge is 0.0654 e. The molecule has 3 aromatic carbocycles. The van der Waals surface area contributed by atoms with E-state index >= 15 is 0 Å². The van der Waals surface area contributed by atoms with Gasteiger partial charge in [0.1, 0.15) is 0 Å². The summed E-state index contributed by atoms with van der Waals surface area (Å²) >= 11 is 7.22. The highest BCUT2D eigenvalue weighted by Gasteiger charge is 2.28. The van der Waals surface area contributed by atoms with Crippen LogP contribution < -0.4 is 0 Å². The van der Waals surface area contributed by atoms with Crippen LogP contribution in [0.1, 0.15) is 56.1 Å². The second-order valence-electron chi connectivity index (χ2n) is 7.44. The van der Waals surface area contributed by atoms with Gasteiger partial charge in [-0.25, -0.2) is 0 Å². The lowest BCUT2D eigenvalue weighted by Crippen LogP contribution is -1.97. The normalized spacial score (nSPS) is 14.9. The second kappa shape index (κ2) is 8.32. The fourth-order valence-corrected chi connectivity index (χ4v) is 4.88. The number of unbranched alkanes of at least 4 members (excludes halogenated alkanes) is 3. The van der Waals surface area contributed by atoms with E-state index < -0.39 is 0 Å². The number of rotatable bonds is 6. The van der Waals surface area contributed by atoms with Gasteiger partial charge >= 0.3 is 0 Å². The van der Waals surface area contributed by atoms with Crippen LogP contribution in [-0.2, 0) is 0 Å². The van der Waals surface area contributed by atoms with Gasteiger partial charge in [0.15, 0.2) is 0 Å². The van der Waals surface area contributed by atoms with Crippen LogP contribution in [0.3, 0.4) is 0 Å². The quantitative estimate of drug-likeness (QED) is 0.307. The Morgan fingerprint density at radius 1 is 0.667 bits per heavy atom. The van der Waals surface area contributed by atoms with E-state index in [1.165, 1.54) is 70.0 Å². The van der Waals surface area contributed by atoms with Crippen LogP contribution in [-0.4, -0.2) is 0 Å². The lowest BCUT2D eigenvalue weighted by atomic mass is 9.89. The summed E-state index contributed by atoms with van der Waals surface area (Å²) in [5, 5.41) is 0. The molecule has 0 bridgehead atoms. The van der Waals surface area contributed by atoms with E-state index in [2.05, 4.69) is 99.4 Å². The van der Waals surface area contributed by atoms with Gasteiger partial charge in [-0.15, -0.1) is 0 Å². The van der Waals surface area contributed by atoms with Crippen LogP contribution in [0.4, 0.5) is 0 Å². The molecule has 0 N–H and O–H groups in total. The van der Waals surface area contributed by atoms with Crippen LogP contribution in [0.15, 0.2) is 69.6 Å². The van der Waals surface area contributed by atoms with Gasteiger partial charge in [-0.2, -0.15) is 0 Å². The summed E-state index contributed by atoms with van der Waals surface area (Å²) in [7, 11) is 0. The molecule has 1 unspecified atom stereocenters. The van der Waals surface area contributed by atoms with Crippen molar-refractivity contribution in [3.63, 3.8) is 0 Å². The number of hydrogen-bond acceptors (Lipinski definition) is 0. The van der Waals surface area contributed by atoms with Crippen molar-refractivity contribution in [1.29, 1.82) is 0 Å². The first-order valence-corrected chi connectivity index (χ1v) is 11.5. The van der Waals surface area contributed by atoms with E-state index in [0.29, 0.717) is 5.92 Å². The minimum Gasteiger partial charge on any atom is -0.0654 e. The van der Waals surface area contributed by atoms with Crippen LogP contribution >= 0.6 is 31.9 Å². The van der Waals surface area contributed by atoms with Crippen molar-refractivity contribution in [2.45, 2.75) is 44.9 Å². The topological polar surface area (TPSA) is 0 Å². The molecule has 138 valence electrons. The summed E-state index contributed by atoms with van der Waals surface area (Å²) in [6, 6.07) is 22.4. The van der Waals surface area contributed by atoms with Crippen LogP contribution in [0.2, 0.25) is 0 Å². The molecular formula is C25H24Br2. The van der Waals surface area contributed by atoms with Gasteiger partial charge in [-0.05, 0) is 70.1 Å². The molecule has 0 aliphatic heterocycles. The average Bonchev–Trinajstić information content (AvgIpc) is 2.98. The second-order valence-corrected chi connectivity index (χ2v) is 9.27. The Balaban J connectivity index is 1.72. The zero-order valence-corrected chi connectivity index (χ0v) is 18.8. The maximum absolute atomic E-state index is 3.68. The Morgan fingerprint density at radius 2 is 1.30 bits per heavy atom. The molecule has 4 rings (SSSR count). The SMILES string of the molecule is CCCCCCC1c2cc(Br)ccc2-c2ccc(-c3ccc(Br)cc3)cc21. The monoisotopic (exact) mass is 482 g/mol. The third-order valence-electron chi connectivity index (χ3n) is 5.63. The maximum atomic E-state index is 3.68. The molecular weight excluding hydrogens is 460 g/mol. The summed E-state index contributed by atoms with van der Waals surface area (Å²) in [4.78, 5) is 0. The molecule has 0 heterocycles. The van der Waals surface area contributed by atoms with E-state index in [0.717, 1.165) is 4.47 Å². The number of hydrogen-bond donors (Lipinski definition) is 0. The first-order chi connectivity index (χ1) is 13.2. The molecule has 0 radical (unpaired) electrons. The summed E-state index contributed by atoms with van der Waals surface area (Å²) < 4.78 is 2.30. The van der Waals surface area contributed by atoms with Gasteiger partial charge in [-0.1, -0.05) is 94.8 Å². The maximum Gasteiger partial charge on any atom is 0.0178 e. The molecule has 1 atom stereocenters. The van der Waals surface area contributed by atoms with Crippen molar-refractivity contribution in [1.82, 2.24) is 0 Å². The molecule has 0 amide bonds. The van der Waals surface area contributed by atoms with E-state index in [1.807, 2.05) is 0 Å². The molecule has 0 aromatic heterocycles. The van der Waals surface area contributed by atoms with Gasteiger partial charge in [-0.3, -0.25) is 0 Å². The summed E-state index contributed by atoms with van der Waals surface area (Å²) in [5.41, 5.74) is 8.41. The number of benzene rings is 3. The predicted molar refractivity (Wildman–Crippen MR) is 123 cm³/mol. The molecule has 0 spiro atoms. The smallest absolute Gasteiger partial charge is 0.0178 e. The Labute approximate surface area is 179 Å². The average molecular weight is 484 g/mol. The third kappa shape index (κ3) is 3.93. The summed E-state index contributed by atoms with van der Waals surface area (Å²) in [6.45, 7) is 2.28. The molecule has 0 fully saturated rings. The first-order valence-electron chi connectivity index (χ1n) is 9.87. The van der Waals surface area contributed by atoms with Gasteiger partial charge in [0.05, 0.1) is 0 Å². The lowest BCUT2D eigenvalue weighted by Gasteiger charge is -2.15. The van der Waals surface area contributed by atoms with Crippen molar-refractivity contribution in [3.8, 4) is 22.3 Å². The minimum atomic E-state index is 0.514. The highest BCUT2D eigenvalue weighted by molar-refractivity contribution is 9.10. The van der Waals surface area contributed by atoms with Gasteiger partial charge in [0.2, 0.25) is 0 Å². The summed E-state index contributed by atoms with van der Waals surface area (Å²) in [5.74, 6) is 0.514. The Bertz CT molecular complexity index is 941. The van der Waals surface area contributed by atoms with Crippen molar-refractivity contribution >= 4 is 31.9 Å². The van der Waals surface area contributed by atoms with E-state index in [9.17, 15) is 0 Å². The fourth-order valence-electron chi connectivity index (χ4n) is 4.24. The van der Waals surface area contributed by atoms with Gasteiger partial charge in [0.25, 0.3) is 0 Å². The molecule has 2 heteroatoms. The summed E-state index contributed by atoms with van der Waals surface area (Å²) in [6.07, 6.45) is 6.49. The molecule has 0 nitrogen and oxygen atoms in total. The number of halogens is 2. The van der Waals surface area contributed by atoms with E-state index in [-0.39, 0.29) is 0 Å². The Hall–Kier alpha value is -1.38. The fraction of sp³-hybridized carbons (Fsp3) is 0.280. The van der Waals surface area contributed by atoms with Crippen LogP contribution in [0.5, 0.6) is 0 Å².